The standard InChI is InChI=1S/3CH3.Cu.2Li/h3*1H3;;;/q3*-1;3*+1. The van der Waals surface area contributed by atoms with E-state index in [-0.39, 0.29) is 77.1 Å². The van der Waals surface area contributed by atoms with E-state index in [2.05, 4.69) is 0 Å². The molecule has 0 fully saturated rings. The Morgan fingerprint density at radius 2 is 0.500 bits per heavy atom. The zero-order chi connectivity index (χ0) is 0. The van der Waals surface area contributed by atoms with Crippen molar-refractivity contribution in [2.45, 2.75) is 0 Å². The minimum absolute atomic E-state index is 0. The summed E-state index contributed by atoms with van der Waals surface area (Å²) in [5.41, 5.74) is 0. The maximum atomic E-state index is 0. The van der Waals surface area contributed by atoms with E-state index in [4.69, 9.17) is 0 Å². The molecule has 0 aromatic heterocycles. The summed E-state index contributed by atoms with van der Waals surface area (Å²) >= 11 is 0. The molecule has 0 rings (SSSR count). The Morgan fingerprint density at radius 3 is 0.500 bits per heavy atom. The second-order valence-corrected chi connectivity index (χ2v) is 0. The van der Waals surface area contributed by atoms with Crippen molar-refractivity contribution >= 4 is 0 Å². The van der Waals surface area contributed by atoms with Gasteiger partial charge in [0, 0.05) is 0 Å². The quantitative estimate of drug-likeness (QED) is 0.224. The second-order valence-electron chi connectivity index (χ2n) is 0. The molecule has 0 heterocycles. The van der Waals surface area contributed by atoms with E-state index in [1.54, 1.807) is 0 Å². The van der Waals surface area contributed by atoms with E-state index in [1.165, 1.54) is 0 Å². The van der Waals surface area contributed by atoms with Gasteiger partial charge in [0.2, 0.25) is 0 Å². The van der Waals surface area contributed by atoms with Gasteiger partial charge in [0.05, 0.1) is 0 Å². The van der Waals surface area contributed by atoms with Crippen molar-refractivity contribution in [3.8, 4) is 0 Å². The number of rotatable bonds is 0. The molecular weight excluding hydrogens is 113 g/mol. The molecule has 0 nitrogen and oxygen atoms in total. The third-order valence-corrected chi connectivity index (χ3v) is 0. The molecule has 3 heteroatoms. The van der Waals surface area contributed by atoms with Crippen LogP contribution in [-0.4, -0.2) is 0 Å². The zero-order valence-corrected chi connectivity index (χ0v) is 6.24. The fourth-order valence-electron chi connectivity index (χ4n) is 0. The smallest absolute Gasteiger partial charge is 0.358 e. The molecule has 0 saturated carbocycles. The molecule has 0 aliphatic rings. The average molecular weight is 123 g/mol. The van der Waals surface area contributed by atoms with Crippen LogP contribution in [0, 0.1) is 22.3 Å². The van der Waals surface area contributed by atoms with Crippen LogP contribution in [-0.2, 0) is 17.1 Å². The van der Waals surface area contributed by atoms with Gasteiger partial charge in [0.25, 0.3) is 0 Å². The van der Waals surface area contributed by atoms with Gasteiger partial charge in [-0.15, -0.1) is 0 Å². The predicted octanol–water partition coefficient (Wildman–Crippen LogP) is -4.64. The molecule has 34 valence electrons. The van der Waals surface area contributed by atoms with E-state index in [0.717, 1.165) is 0 Å². The molecule has 0 aliphatic heterocycles. The van der Waals surface area contributed by atoms with Gasteiger partial charge in [0.15, 0.2) is 0 Å². The van der Waals surface area contributed by atoms with E-state index in [1.807, 2.05) is 0 Å². The summed E-state index contributed by atoms with van der Waals surface area (Å²) in [4.78, 5) is 0. The maximum absolute atomic E-state index is 0. The van der Waals surface area contributed by atoms with Gasteiger partial charge in [-0.3, -0.25) is 0 Å². The van der Waals surface area contributed by atoms with Gasteiger partial charge >= 0.3 is 54.8 Å². The summed E-state index contributed by atoms with van der Waals surface area (Å²) in [5.74, 6) is 0. The van der Waals surface area contributed by atoms with Crippen LogP contribution in [0.25, 0.3) is 0 Å². The summed E-state index contributed by atoms with van der Waals surface area (Å²) in [6, 6.07) is 0. The van der Waals surface area contributed by atoms with Crippen LogP contribution in [0.3, 0.4) is 0 Å². The Hall–Kier alpha value is 1.71. The first-order chi connectivity index (χ1) is 0. The summed E-state index contributed by atoms with van der Waals surface area (Å²) in [6.07, 6.45) is 0. The summed E-state index contributed by atoms with van der Waals surface area (Å²) in [7, 11) is 0. The summed E-state index contributed by atoms with van der Waals surface area (Å²) in [5, 5.41) is 0. The van der Waals surface area contributed by atoms with Crippen LogP contribution in [0.4, 0.5) is 0 Å². The van der Waals surface area contributed by atoms with Gasteiger partial charge < -0.3 is 22.3 Å². The van der Waals surface area contributed by atoms with Crippen LogP contribution in [0.5, 0.6) is 0 Å². The van der Waals surface area contributed by atoms with Crippen molar-refractivity contribution in [2.75, 3.05) is 0 Å². The molecule has 0 unspecified atom stereocenters. The minimum atomic E-state index is 0. The molecule has 0 bridgehead atoms. The Morgan fingerprint density at radius 1 is 0.500 bits per heavy atom. The van der Waals surface area contributed by atoms with Crippen molar-refractivity contribution in [3.63, 3.8) is 0 Å². The number of hydrogen-bond donors (Lipinski definition) is 0. The van der Waals surface area contributed by atoms with E-state index in [9.17, 15) is 0 Å². The largest absolute Gasteiger partial charge is 1.00 e. The molecule has 0 aromatic rings. The van der Waals surface area contributed by atoms with Gasteiger partial charge in [-0.25, -0.2) is 0 Å². The number of hydrogen-bond acceptors (Lipinski definition) is 0. The Kier molecular flexibility index (Phi) is 1470. The maximum Gasteiger partial charge on any atom is 1.00 e. The Labute approximate surface area is 76.7 Å². The molecule has 0 aromatic carbocycles. The van der Waals surface area contributed by atoms with Gasteiger partial charge in [-0.05, 0) is 0 Å². The van der Waals surface area contributed by atoms with Crippen LogP contribution in [0.15, 0.2) is 0 Å². The van der Waals surface area contributed by atoms with Crippen LogP contribution >= 0.6 is 0 Å². The first-order valence-corrected chi connectivity index (χ1v) is 0. The van der Waals surface area contributed by atoms with Crippen molar-refractivity contribution < 1.29 is 54.8 Å². The third kappa shape index (κ3) is 43.2. The minimum Gasteiger partial charge on any atom is -0.358 e. The second kappa shape index (κ2) is 74.6. The zero-order valence-electron chi connectivity index (χ0n) is 5.30. The molecule has 0 amide bonds. The van der Waals surface area contributed by atoms with Crippen molar-refractivity contribution in [1.29, 1.82) is 0 Å². The fourth-order valence-corrected chi connectivity index (χ4v) is 0. The van der Waals surface area contributed by atoms with Crippen molar-refractivity contribution in [2.24, 2.45) is 0 Å². The Balaban J connectivity index is 0. The molecule has 6 heavy (non-hydrogen) atoms. The van der Waals surface area contributed by atoms with Crippen LogP contribution < -0.4 is 37.7 Å². The first-order valence-electron chi connectivity index (χ1n) is 0. The SMILES string of the molecule is [CH3-].[CH3-].[CH3-].[Cu+].[Li+].[Li+]. The van der Waals surface area contributed by atoms with Crippen LogP contribution in [0.1, 0.15) is 0 Å². The van der Waals surface area contributed by atoms with Crippen molar-refractivity contribution in [3.05, 3.63) is 22.3 Å². The first kappa shape index (κ1) is 118. The van der Waals surface area contributed by atoms with Crippen LogP contribution in [0.2, 0.25) is 0 Å². The Bertz CT molecular complexity index is 8.75. The van der Waals surface area contributed by atoms with Gasteiger partial charge in [-0.1, -0.05) is 0 Å². The summed E-state index contributed by atoms with van der Waals surface area (Å²) < 4.78 is 0. The van der Waals surface area contributed by atoms with E-state index in [0.29, 0.717) is 0 Å². The van der Waals surface area contributed by atoms with Gasteiger partial charge in [0.1, 0.15) is 0 Å². The average Bonchev–Trinajstić information content (AvgIpc) is 0. The van der Waals surface area contributed by atoms with E-state index < -0.39 is 0 Å². The molecule has 0 atom stereocenters. The fraction of sp³-hybridized carbons (Fsp3) is 0. The molecule has 0 aliphatic carbocycles. The summed E-state index contributed by atoms with van der Waals surface area (Å²) in [6.45, 7) is 0. The third-order valence-electron chi connectivity index (χ3n) is 0. The normalized spacial score (nSPS) is 0. The topological polar surface area (TPSA) is 0 Å². The predicted molar refractivity (Wildman–Crippen MR) is 19.2 cm³/mol. The molecular formula is C3H9CuLi2. The van der Waals surface area contributed by atoms with Gasteiger partial charge in [-0.2, -0.15) is 0 Å². The van der Waals surface area contributed by atoms with Crippen molar-refractivity contribution in [1.82, 2.24) is 0 Å². The monoisotopic (exact) mass is 122 g/mol. The molecule has 0 radical (unpaired) electrons. The molecule has 0 saturated heterocycles. The molecule has 0 spiro atoms. The molecule has 0 N–H and O–H groups in total. The van der Waals surface area contributed by atoms with E-state index >= 15 is 0 Å².